The van der Waals surface area contributed by atoms with Crippen LogP contribution in [0.2, 0.25) is 5.15 Å². The van der Waals surface area contributed by atoms with E-state index < -0.39 is 56.1 Å². The number of fused-ring (bicyclic) bond motifs is 2. The molecule has 1 saturated carbocycles. The molecular formula is C28H38ClN4O8PS. The molecule has 236 valence electrons. The van der Waals surface area contributed by atoms with Crippen LogP contribution in [0.4, 0.5) is 5.69 Å². The van der Waals surface area contributed by atoms with Crippen LogP contribution in [0, 0.1) is 16.7 Å². The predicted molar refractivity (Wildman–Crippen MR) is 162 cm³/mol. The van der Waals surface area contributed by atoms with Crippen LogP contribution in [-0.2, 0) is 32.8 Å². The third kappa shape index (κ3) is 7.18. The molecular weight excluding hydrogens is 619 g/mol. The molecule has 43 heavy (non-hydrogen) atoms. The van der Waals surface area contributed by atoms with E-state index in [0.29, 0.717) is 22.7 Å². The quantitative estimate of drug-likeness (QED) is 0.138. The lowest BCUT2D eigenvalue weighted by molar-refractivity contribution is -0.193. The standard InChI is InChI=1S/C28H38ClN4O8PS/c1-27(2,3)26(34)37-14-38-42(35,36)15-43-13-19-21-22(41-28(4,5)40-21)25(39-19)33-11-10-17-20(31-16-8-6-7-9-16)18(12-30)23(29)32-24(17)33/h10-11,16,19,21-22,25H,6-9,13-15H2,1-5H3,(H,31,32)(H,35,36)/t19-,21-,22-,25-/m1/s1. The maximum atomic E-state index is 12.6. The molecule has 5 atom stereocenters. The summed E-state index contributed by atoms with van der Waals surface area (Å²) < 4.78 is 43.3. The number of halogens is 1. The molecule has 5 rings (SSSR count). The van der Waals surface area contributed by atoms with Crippen molar-refractivity contribution in [3.63, 3.8) is 0 Å². The summed E-state index contributed by atoms with van der Waals surface area (Å²) >= 11 is 7.70. The zero-order valence-corrected chi connectivity index (χ0v) is 27.3. The minimum Gasteiger partial charge on any atom is -0.438 e. The molecule has 1 aliphatic carbocycles. The topological polar surface area (TPSA) is 154 Å². The van der Waals surface area contributed by atoms with Crippen molar-refractivity contribution >= 4 is 53.6 Å². The van der Waals surface area contributed by atoms with Gasteiger partial charge < -0.3 is 33.7 Å². The van der Waals surface area contributed by atoms with Crippen molar-refractivity contribution < 1.29 is 37.7 Å². The average molecular weight is 657 g/mol. The normalized spacial score (nSPS) is 26.7. The second kappa shape index (κ2) is 12.5. The number of carbonyl (C=O) groups is 1. The third-order valence-corrected chi connectivity index (χ3v) is 11.0. The number of carbonyl (C=O) groups excluding carboxylic acids is 1. The first kappa shape index (κ1) is 32.5. The highest BCUT2D eigenvalue weighted by Gasteiger charge is 2.56. The number of pyridine rings is 1. The first-order valence-electron chi connectivity index (χ1n) is 14.3. The van der Waals surface area contributed by atoms with Crippen LogP contribution in [0.25, 0.3) is 11.0 Å². The molecule has 0 radical (unpaired) electrons. The molecule has 3 fully saturated rings. The van der Waals surface area contributed by atoms with Gasteiger partial charge in [-0.05, 0) is 53.5 Å². The number of nitrogens with one attached hydrogen (secondary N) is 1. The summed E-state index contributed by atoms with van der Waals surface area (Å²) in [4.78, 5) is 26.7. The Balaban J connectivity index is 1.31. The second-order valence-corrected chi connectivity index (χ2v) is 16.2. The molecule has 4 heterocycles. The first-order valence-corrected chi connectivity index (χ1v) is 17.6. The third-order valence-electron chi connectivity index (χ3n) is 7.63. The molecule has 12 nitrogen and oxygen atoms in total. The van der Waals surface area contributed by atoms with Gasteiger partial charge in [0.25, 0.3) is 0 Å². The number of nitriles is 1. The number of rotatable bonds is 10. The molecule has 0 spiro atoms. The van der Waals surface area contributed by atoms with E-state index >= 15 is 0 Å². The van der Waals surface area contributed by atoms with Crippen LogP contribution in [0.15, 0.2) is 12.3 Å². The number of aromatic nitrogens is 2. The van der Waals surface area contributed by atoms with Crippen molar-refractivity contribution in [2.45, 2.75) is 96.7 Å². The van der Waals surface area contributed by atoms with Gasteiger partial charge in [-0.15, -0.1) is 11.8 Å². The fraction of sp³-hybridized carbons (Fsp3) is 0.679. The predicted octanol–water partition coefficient (Wildman–Crippen LogP) is 5.77. The molecule has 3 aliphatic rings. The smallest absolute Gasteiger partial charge is 0.340 e. The summed E-state index contributed by atoms with van der Waals surface area (Å²) in [5, 5.41) is 14.3. The molecule has 0 aromatic carbocycles. The minimum absolute atomic E-state index is 0.105. The van der Waals surface area contributed by atoms with Crippen LogP contribution < -0.4 is 5.32 Å². The van der Waals surface area contributed by atoms with Crippen LogP contribution in [-0.4, -0.2) is 68.6 Å². The van der Waals surface area contributed by atoms with E-state index in [-0.39, 0.29) is 16.7 Å². The van der Waals surface area contributed by atoms with Gasteiger partial charge >= 0.3 is 13.6 Å². The van der Waals surface area contributed by atoms with Gasteiger partial charge in [0.15, 0.2) is 17.2 Å². The molecule has 0 bridgehead atoms. The molecule has 2 aromatic rings. The molecule has 2 aromatic heterocycles. The van der Waals surface area contributed by atoms with E-state index in [2.05, 4.69) is 16.4 Å². The van der Waals surface area contributed by atoms with Gasteiger partial charge in [0.05, 0.1) is 22.7 Å². The minimum atomic E-state index is -4.04. The highest BCUT2D eigenvalue weighted by atomic mass is 35.5. The lowest BCUT2D eigenvalue weighted by atomic mass is 9.98. The van der Waals surface area contributed by atoms with E-state index in [1.165, 1.54) is 11.8 Å². The average Bonchev–Trinajstić information content (AvgIpc) is 3.68. The number of hydrogen-bond donors (Lipinski definition) is 2. The van der Waals surface area contributed by atoms with E-state index in [9.17, 15) is 19.5 Å². The number of anilines is 1. The van der Waals surface area contributed by atoms with Gasteiger partial charge in [0, 0.05) is 23.4 Å². The number of ether oxygens (including phenoxy) is 4. The Labute approximate surface area is 260 Å². The fourth-order valence-corrected chi connectivity index (χ4v) is 8.17. The Morgan fingerprint density at radius 1 is 1.33 bits per heavy atom. The van der Waals surface area contributed by atoms with Gasteiger partial charge in [-0.2, -0.15) is 5.26 Å². The van der Waals surface area contributed by atoms with Crippen molar-refractivity contribution in [2.75, 3.05) is 23.4 Å². The van der Waals surface area contributed by atoms with Crippen molar-refractivity contribution in [3.8, 4) is 6.07 Å². The Morgan fingerprint density at radius 3 is 2.70 bits per heavy atom. The van der Waals surface area contributed by atoms with Crippen molar-refractivity contribution in [1.29, 1.82) is 5.26 Å². The monoisotopic (exact) mass is 656 g/mol. The molecule has 2 aliphatic heterocycles. The molecule has 15 heteroatoms. The van der Waals surface area contributed by atoms with Crippen molar-refractivity contribution in [2.24, 2.45) is 5.41 Å². The SMILES string of the molecule is CC1(C)O[C@@H]2[C@H](O1)[C@@H](CSCP(=O)(O)OCOC(=O)C(C)(C)C)O[C@H]2n1ccc2c(NC3CCCC3)c(C#N)c(Cl)nc21. The zero-order valence-electron chi connectivity index (χ0n) is 24.9. The van der Waals surface area contributed by atoms with Gasteiger partial charge in [-0.25, -0.2) is 4.98 Å². The number of esters is 1. The summed E-state index contributed by atoms with van der Waals surface area (Å²) in [7, 11) is -4.04. The summed E-state index contributed by atoms with van der Waals surface area (Å²) in [5.74, 6) is -1.09. The molecule has 1 unspecified atom stereocenters. The van der Waals surface area contributed by atoms with Gasteiger partial charge in [-0.1, -0.05) is 24.4 Å². The lowest BCUT2D eigenvalue weighted by Crippen LogP contribution is -2.31. The van der Waals surface area contributed by atoms with Gasteiger partial charge in [-0.3, -0.25) is 13.9 Å². The zero-order chi connectivity index (χ0) is 31.2. The van der Waals surface area contributed by atoms with Crippen molar-refractivity contribution in [3.05, 3.63) is 23.0 Å². The largest absolute Gasteiger partial charge is 0.438 e. The Morgan fingerprint density at radius 2 is 2.02 bits per heavy atom. The maximum Gasteiger partial charge on any atom is 0.340 e. The highest BCUT2D eigenvalue weighted by Crippen LogP contribution is 2.49. The highest BCUT2D eigenvalue weighted by molar-refractivity contribution is 8.04. The summed E-state index contributed by atoms with van der Waals surface area (Å²) in [5.41, 5.74) is 0.542. The Bertz CT molecular complexity index is 1450. The van der Waals surface area contributed by atoms with Crippen LogP contribution >= 0.6 is 31.0 Å². The summed E-state index contributed by atoms with van der Waals surface area (Å²) in [6.45, 7) is 8.08. The van der Waals surface area contributed by atoms with E-state index in [0.717, 1.165) is 31.1 Å². The second-order valence-electron chi connectivity index (χ2n) is 12.5. The summed E-state index contributed by atoms with van der Waals surface area (Å²) in [6.07, 6.45) is 4.10. The first-order chi connectivity index (χ1) is 20.2. The number of hydrogen-bond acceptors (Lipinski definition) is 11. The van der Waals surface area contributed by atoms with E-state index in [4.69, 9.17) is 35.1 Å². The summed E-state index contributed by atoms with van der Waals surface area (Å²) in [6, 6.07) is 4.35. The molecule has 2 N–H and O–H groups in total. The van der Waals surface area contributed by atoms with Crippen LogP contribution in [0.3, 0.4) is 0 Å². The van der Waals surface area contributed by atoms with E-state index in [1.807, 2.05) is 30.7 Å². The van der Waals surface area contributed by atoms with Crippen LogP contribution in [0.1, 0.15) is 72.1 Å². The Hall–Kier alpha value is -1.88. The molecule has 2 saturated heterocycles. The van der Waals surface area contributed by atoms with Crippen molar-refractivity contribution in [1.82, 2.24) is 9.55 Å². The fourth-order valence-electron chi connectivity index (χ4n) is 5.59. The van der Waals surface area contributed by atoms with Crippen LogP contribution in [0.5, 0.6) is 0 Å². The molecule has 0 amide bonds. The maximum absolute atomic E-state index is 12.6. The lowest BCUT2D eigenvalue weighted by Gasteiger charge is -2.25. The van der Waals surface area contributed by atoms with Gasteiger partial charge in [0.2, 0.25) is 6.79 Å². The number of nitrogens with zero attached hydrogens (tertiary/aromatic N) is 3. The van der Waals surface area contributed by atoms with Gasteiger partial charge in [0.1, 0.15) is 29.5 Å². The Kier molecular flexibility index (Phi) is 9.44. The van der Waals surface area contributed by atoms with E-state index in [1.54, 1.807) is 20.8 Å². The number of thioether (sulfide) groups is 1.